The van der Waals surface area contributed by atoms with E-state index < -0.39 is 0 Å². The molecule has 0 radical (unpaired) electrons. The average Bonchev–Trinajstić information content (AvgIpc) is 2.50. The number of pyridine rings is 1. The predicted molar refractivity (Wildman–Crippen MR) is 81.3 cm³/mol. The smallest absolute Gasteiger partial charge is 0.227 e. The lowest BCUT2D eigenvalue weighted by molar-refractivity contribution is -0.155. The van der Waals surface area contributed by atoms with Gasteiger partial charge in [-0.3, -0.25) is 9.78 Å². The summed E-state index contributed by atoms with van der Waals surface area (Å²) in [6.45, 7) is 2.05. The molecule has 1 aliphatic carbocycles. The van der Waals surface area contributed by atoms with E-state index in [2.05, 4.69) is 4.98 Å². The number of aromatic nitrogens is 1. The fourth-order valence-corrected chi connectivity index (χ4v) is 3.54. The highest BCUT2D eigenvalue weighted by atomic mass is 35.5. The highest BCUT2D eigenvalue weighted by Crippen LogP contribution is 2.34. The van der Waals surface area contributed by atoms with Crippen LogP contribution in [0.5, 0.6) is 0 Å². The van der Waals surface area contributed by atoms with Crippen molar-refractivity contribution in [3.63, 3.8) is 0 Å². The molecule has 0 aromatic carbocycles. The second-order valence-corrected chi connectivity index (χ2v) is 6.46. The SMILES string of the molecule is O=C(Cc1cnccc1Cl)N1CCOC2(CCCCC2)C1. The Morgan fingerprint density at radius 3 is 2.95 bits per heavy atom. The normalized spacial score (nSPS) is 21.5. The minimum atomic E-state index is -0.0924. The Balaban J connectivity index is 1.66. The van der Waals surface area contributed by atoms with E-state index in [1.165, 1.54) is 19.3 Å². The molecule has 4 nitrogen and oxygen atoms in total. The van der Waals surface area contributed by atoms with Gasteiger partial charge in [0.2, 0.25) is 5.91 Å². The monoisotopic (exact) mass is 308 g/mol. The number of halogens is 1. The molecule has 0 bridgehead atoms. The van der Waals surface area contributed by atoms with Crippen molar-refractivity contribution >= 4 is 17.5 Å². The summed E-state index contributed by atoms with van der Waals surface area (Å²) in [5.41, 5.74) is 0.707. The van der Waals surface area contributed by atoms with Gasteiger partial charge < -0.3 is 9.64 Å². The summed E-state index contributed by atoms with van der Waals surface area (Å²) in [6, 6.07) is 1.73. The molecule has 5 heteroatoms. The zero-order valence-electron chi connectivity index (χ0n) is 12.2. The molecule has 114 valence electrons. The molecule has 1 saturated carbocycles. The first-order valence-electron chi connectivity index (χ1n) is 7.69. The summed E-state index contributed by atoms with van der Waals surface area (Å²) >= 11 is 6.11. The van der Waals surface area contributed by atoms with E-state index in [-0.39, 0.29) is 11.5 Å². The van der Waals surface area contributed by atoms with Crippen molar-refractivity contribution < 1.29 is 9.53 Å². The van der Waals surface area contributed by atoms with Crippen LogP contribution in [-0.2, 0) is 16.0 Å². The van der Waals surface area contributed by atoms with Crippen LogP contribution in [0.4, 0.5) is 0 Å². The molecule has 0 N–H and O–H groups in total. The minimum absolute atomic E-state index is 0.0924. The Hall–Kier alpha value is -1.13. The molecule has 1 saturated heterocycles. The van der Waals surface area contributed by atoms with E-state index in [1.54, 1.807) is 18.5 Å². The van der Waals surface area contributed by atoms with Gasteiger partial charge >= 0.3 is 0 Å². The van der Waals surface area contributed by atoms with Crippen molar-refractivity contribution in [1.82, 2.24) is 9.88 Å². The fraction of sp³-hybridized carbons (Fsp3) is 0.625. The largest absolute Gasteiger partial charge is 0.371 e. The number of carbonyl (C=O) groups is 1. The molecule has 21 heavy (non-hydrogen) atoms. The first kappa shape index (κ1) is 14.8. The van der Waals surface area contributed by atoms with E-state index in [0.717, 1.165) is 24.9 Å². The Kier molecular flexibility index (Phi) is 4.45. The van der Waals surface area contributed by atoms with E-state index in [4.69, 9.17) is 16.3 Å². The van der Waals surface area contributed by atoms with E-state index in [0.29, 0.717) is 24.6 Å². The number of amides is 1. The second-order valence-electron chi connectivity index (χ2n) is 6.05. The highest BCUT2D eigenvalue weighted by molar-refractivity contribution is 6.31. The lowest BCUT2D eigenvalue weighted by atomic mass is 9.83. The van der Waals surface area contributed by atoms with Crippen LogP contribution in [0.1, 0.15) is 37.7 Å². The zero-order chi connectivity index (χ0) is 14.7. The van der Waals surface area contributed by atoms with E-state index >= 15 is 0 Å². The molecule has 0 unspecified atom stereocenters. The summed E-state index contributed by atoms with van der Waals surface area (Å²) in [6.07, 6.45) is 9.48. The van der Waals surface area contributed by atoms with Crippen LogP contribution in [0.25, 0.3) is 0 Å². The van der Waals surface area contributed by atoms with Gasteiger partial charge in [-0.2, -0.15) is 0 Å². The molecule has 1 amide bonds. The number of nitrogens with zero attached hydrogens (tertiary/aromatic N) is 2. The maximum atomic E-state index is 12.5. The first-order chi connectivity index (χ1) is 10.2. The second kappa shape index (κ2) is 6.32. The van der Waals surface area contributed by atoms with Crippen LogP contribution in [0.3, 0.4) is 0 Å². The lowest BCUT2D eigenvalue weighted by Crippen LogP contribution is -2.54. The Morgan fingerprint density at radius 1 is 1.38 bits per heavy atom. The van der Waals surface area contributed by atoms with Crippen molar-refractivity contribution in [2.45, 2.75) is 44.1 Å². The number of hydrogen-bond acceptors (Lipinski definition) is 3. The Bertz CT molecular complexity index is 509. The quantitative estimate of drug-likeness (QED) is 0.843. The molecule has 0 atom stereocenters. The van der Waals surface area contributed by atoms with Crippen LogP contribution in [0.2, 0.25) is 5.02 Å². The molecule has 3 rings (SSSR count). The van der Waals surface area contributed by atoms with Gasteiger partial charge in [-0.05, 0) is 24.5 Å². The molecular weight excluding hydrogens is 288 g/mol. The van der Waals surface area contributed by atoms with Crippen molar-refractivity contribution in [2.24, 2.45) is 0 Å². The van der Waals surface area contributed by atoms with E-state index in [1.807, 2.05) is 4.90 Å². The molecule has 1 aromatic heterocycles. The van der Waals surface area contributed by atoms with Gasteiger partial charge in [-0.15, -0.1) is 0 Å². The molecule has 1 aliphatic heterocycles. The number of ether oxygens (including phenoxy) is 1. The third kappa shape index (κ3) is 3.38. The third-order valence-corrected chi connectivity index (χ3v) is 4.92. The molecule has 1 aromatic rings. The zero-order valence-corrected chi connectivity index (χ0v) is 12.9. The van der Waals surface area contributed by atoms with Crippen LogP contribution in [0, 0.1) is 0 Å². The van der Waals surface area contributed by atoms with Crippen molar-refractivity contribution in [2.75, 3.05) is 19.7 Å². The molecule has 2 aliphatic rings. The third-order valence-electron chi connectivity index (χ3n) is 4.55. The summed E-state index contributed by atoms with van der Waals surface area (Å²) in [4.78, 5) is 18.5. The molecule has 2 fully saturated rings. The van der Waals surface area contributed by atoms with Crippen molar-refractivity contribution in [3.05, 3.63) is 29.0 Å². The molecular formula is C16H21ClN2O2. The van der Waals surface area contributed by atoms with Gasteiger partial charge in [0.05, 0.1) is 18.6 Å². The summed E-state index contributed by atoms with van der Waals surface area (Å²) in [7, 11) is 0. The van der Waals surface area contributed by atoms with Crippen LogP contribution in [0.15, 0.2) is 18.5 Å². The summed E-state index contributed by atoms with van der Waals surface area (Å²) < 4.78 is 6.03. The summed E-state index contributed by atoms with van der Waals surface area (Å²) in [5, 5.41) is 0.610. The van der Waals surface area contributed by atoms with Crippen LogP contribution in [-0.4, -0.2) is 41.1 Å². The highest BCUT2D eigenvalue weighted by Gasteiger charge is 2.39. The van der Waals surface area contributed by atoms with Crippen LogP contribution >= 0.6 is 11.6 Å². The average molecular weight is 309 g/mol. The maximum absolute atomic E-state index is 12.5. The topological polar surface area (TPSA) is 42.4 Å². The predicted octanol–water partition coefficient (Wildman–Crippen LogP) is 2.84. The van der Waals surface area contributed by atoms with Gasteiger partial charge in [-0.1, -0.05) is 30.9 Å². The molecule has 1 spiro atoms. The molecule has 2 heterocycles. The van der Waals surface area contributed by atoms with Gasteiger partial charge in [0.1, 0.15) is 0 Å². The fourth-order valence-electron chi connectivity index (χ4n) is 3.37. The number of morpholine rings is 1. The Morgan fingerprint density at radius 2 is 2.19 bits per heavy atom. The standard InChI is InChI=1S/C16H21ClN2O2/c17-14-4-7-18-11-13(14)10-15(20)19-8-9-21-16(12-19)5-2-1-3-6-16/h4,7,11H,1-3,5-6,8-10,12H2. The van der Waals surface area contributed by atoms with Crippen molar-refractivity contribution in [3.8, 4) is 0 Å². The first-order valence-corrected chi connectivity index (χ1v) is 8.06. The lowest BCUT2D eigenvalue weighted by Gasteiger charge is -2.45. The number of hydrogen-bond donors (Lipinski definition) is 0. The van der Waals surface area contributed by atoms with Crippen LogP contribution < -0.4 is 0 Å². The maximum Gasteiger partial charge on any atom is 0.227 e. The van der Waals surface area contributed by atoms with Gasteiger partial charge in [0.15, 0.2) is 0 Å². The van der Waals surface area contributed by atoms with Gasteiger partial charge in [0.25, 0.3) is 0 Å². The van der Waals surface area contributed by atoms with E-state index in [9.17, 15) is 4.79 Å². The Labute approximate surface area is 130 Å². The van der Waals surface area contributed by atoms with Gasteiger partial charge in [0, 0.05) is 30.5 Å². The minimum Gasteiger partial charge on any atom is -0.371 e. The van der Waals surface area contributed by atoms with Crippen molar-refractivity contribution in [1.29, 1.82) is 0 Å². The number of rotatable bonds is 2. The van der Waals surface area contributed by atoms with Gasteiger partial charge in [-0.25, -0.2) is 0 Å². The summed E-state index contributed by atoms with van der Waals surface area (Å²) in [5.74, 6) is 0.123. The number of carbonyl (C=O) groups excluding carboxylic acids is 1.